The fraction of sp³-hybridized carbons (Fsp3) is 0.320. The zero-order valence-corrected chi connectivity index (χ0v) is 19.0. The Bertz CT molecular complexity index is 1130. The molecule has 3 aromatic rings. The third-order valence-electron chi connectivity index (χ3n) is 5.32. The average molecular weight is 432 g/mol. The van der Waals surface area contributed by atoms with E-state index in [0.29, 0.717) is 12.6 Å². The largest absolute Gasteiger partial charge is 0.497 e. The third kappa shape index (κ3) is 4.89. The molecule has 0 bridgehead atoms. The highest BCUT2D eigenvalue weighted by Gasteiger charge is 2.15. The third-order valence-corrected chi connectivity index (χ3v) is 5.32. The van der Waals surface area contributed by atoms with Gasteiger partial charge in [-0.05, 0) is 18.2 Å². The molecule has 0 atom stereocenters. The standard InChI is InChI=1S/C25H29N5O2/c1-17(2)27-9-10-30(20-11-21(31-3)14-22(12-20)32-4)19-5-6-23-24(13-19)29-25(16-28-23)18-7-8-26-15-18/h5-7,11-17,27H,8-10H2,1-4H3. The van der Waals surface area contributed by atoms with Gasteiger partial charge in [0.15, 0.2) is 0 Å². The summed E-state index contributed by atoms with van der Waals surface area (Å²) in [6.07, 6.45) is 5.72. The number of hydrogen-bond donors (Lipinski definition) is 1. The van der Waals surface area contributed by atoms with Crippen LogP contribution in [0.3, 0.4) is 0 Å². The molecule has 0 saturated carbocycles. The van der Waals surface area contributed by atoms with Crippen LogP contribution >= 0.6 is 0 Å². The van der Waals surface area contributed by atoms with Crippen molar-refractivity contribution in [3.63, 3.8) is 0 Å². The van der Waals surface area contributed by atoms with Crippen LogP contribution in [0.25, 0.3) is 16.6 Å². The van der Waals surface area contributed by atoms with Crippen LogP contribution in [0, 0.1) is 0 Å². The minimum atomic E-state index is 0.406. The van der Waals surface area contributed by atoms with Crippen molar-refractivity contribution < 1.29 is 9.47 Å². The Kier molecular flexibility index (Phi) is 6.66. The van der Waals surface area contributed by atoms with Crippen LogP contribution in [0.4, 0.5) is 11.4 Å². The highest BCUT2D eigenvalue weighted by atomic mass is 16.5. The number of methoxy groups -OCH3 is 2. The molecule has 1 aliphatic heterocycles. The lowest BCUT2D eigenvalue weighted by molar-refractivity contribution is 0.394. The maximum absolute atomic E-state index is 5.51. The summed E-state index contributed by atoms with van der Waals surface area (Å²) in [6, 6.07) is 12.5. The molecule has 1 aromatic heterocycles. The van der Waals surface area contributed by atoms with Gasteiger partial charge < -0.3 is 19.7 Å². The second kappa shape index (κ2) is 9.78. The Morgan fingerprint density at radius 2 is 1.78 bits per heavy atom. The molecular weight excluding hydrogens is 402 g/mol. The molecular formula is C25H29N5O2. The minimum absolute atomic E-state index is 0.406. The number of rotatable bonds is 9. The highest BCUT2D eigenvalue weighted by molar-refractivity contribution is 6.11. The number of nitrogens with zero attached hydrogens (tertiary/aromatic N) is 4. The van der Waals surface area contributed by atoms with E-state index in [9.17, 15) is 0 Å². The molecule has 7 nitrogen and oxygen atoms in total. The van der Waals surface area contributed by atoms with Gasteiger partial charge in [-0.2, -0.15) is 0 Å². The summed E-state index contributed by atoms with van der Waals surface area (Å²) in [4.78, 5) is 16.0. The number of nitrogens with one attached hydrogen (secondary N) is 1. The molecule has 0 unspecified atom stereocenters. The van der Waals surface area contributed by atoms with Crippen molar-refractivity contribution in [1.29, 1.82) is 0 Å². The Morgan fingerprint density at radius 1 is 1.00 bits per heavy atom. The van der Waals surface area contributed by atoms with Gasteiger partial charge in [-0.3, -0.25) is 9.98 Å². The number of allylic oxidation sites excluding steroid dienone is 1. The lowest BCUT2D eigenvalue weighted by atomic mass is 10.1. The summed E-state index contributed by atoms with van der Waals surface area (Å²) in [6.45, 7) is 6.58. The molecule has 166 valence electrons. The van der Waals surface area contributed by atoms with Gasteiger partial charge in [-0.1, -0.05) is 19.9 Å². The Balaban J connectivity index is 1.75. The van der Waals surface area contributed by atoms with Crippen LogP contribution in [-0.2, 0) is 0 Å². The molecule has 2 aromatic carbocycles. The van der Waals surface area contributed by atoms with E-state index in [1.165, 1.54) is 0 Å². The molecule has 32 heavy (non-hydrogen) atoms. The van der Waals surface area contributed by atoms with E-state index in [4.69, 9.17) is 14.5 Å². The van der Waals surface area contributed by atoms with Crippen LogP contribution < -0.4 is 19.7 Å². The summed E-state index contributed by atoms with van der Waals surface area (Å²) in [7, 11) is 3.33. The van der Waals surface area contributed by atoms with E-state index in [0.717, 1.165) is 58.3 Å². The van der Waals surface area contributed by atoms with Crippen LogP contribution in [0.15, 0.2) is 53.7 Å². The second-order valence-corrected chi connectivity index (χ2v) is 7.91. The number of aromatic nitrogens is 2. The first-order valence-electron chi connectivity index (χ1n) is 10.8. The molecule has 2 heterocycles. The first-order chi connectivity index (χ1) is 15.6. The van der Waals surface area contributed by atoms with Crippen molar-refractivity contribution >= 4 is 34.2 Å². The lowest BCUT2D eigenvalue weighted by Gasteiger charge is -2.27. The van der Waals surface area contributed by atoms with E-state index in [1.807, 2.05) is 36.7 Å². The van der Waals surface area contributed by atoms with Crippen molar-refractivity contribution in [3.05, 3.63) is 54.4 Å². The smallest absolute Gasteiger partial charge is 0.124 e. The quantitative estimate of drug-likeness (QED) is 0.546. The van der Waals surface area contributed by atoms with Crippen molar-refractivity contribution in [2.45, 2.75) is 19.9 Å². The first kappa shape index (κ1) is 21.8. The number of aliphatic imine (C=N–C) groups is 1. The molecule has 0 amide bonds. The van der Waals surface area contributed by atoms with E-state index in [-0.39, 0.29) is 0 Å². The molecule has 4 rings (SSSR count). The molecule has 0 fully saturated rings. The predicted octanol–water partition coefficient (Wildman–Crippen LogP) is 4.25. The summed E-state index contributed by atoms with van der Waals surface area (Å²) in [5.74, 6) is 1.49. The van der Waals surface area contributed by atoms with Crippen molar-refractivity contribution in [1.82, 2.24) is 15.3 Å². The first-order valence-corrected chi connectivity index (χ1v) is 10.8. The molecule has 0 spiro atoms. The Labute approximate surface area is 188 Å². The van der Waals surface area contributed by atoms with Gasteiger partial charge in [0.1, 0.15) is 11.5 Å². The van der Waals surface area contributed by atoms with Gasteiger partial charge in [0.05, 0.1) is 43.7 Å². The van der Waals surface area contributed by atoms with Crippen LogP contribution in [0.5, 0.6) is 11.5 Å². The molecule has 0 aliphatic carbocycles. The number of hydrogen-bond acceptors (Lipinski definition) is 7. The van der Waals surface area contributed by atoms with Gasteiger partial charge >= 0.3 is 0 Å². The molecule has 0 saturated heterocycles. The topological polar surface area (TPSA) is 71.9 Å². The average Bonchev–Trinajstić information content (AvgIpc) is 3.35. The maximum atomic E-state index is 5.51. The lowest BCUT2D eigenvalue weighted by Crippen LogP contribution is -2.32. The maximum Gasteiger partial charge on any atom is 0.124 e. The molecule has 1 N–H and O–H groups in total. The Hall–Kier alpha value is -3.45. The zero-order valence-electron chi connectivity index (χ0n) is 19.0. The van der Waals surface area contributed by atoms with Gasteiger partial charge in [0, 0.05) is 60.5 Å². The predicted molar refractivity (Wildman–Crippen MR) is 131 cm³/mol. The van der Waals surface area contributed by atoms with Crippen molar-refractivity contribution in [2.24, 2.45) is 4.99 Å². The highest BCUT2D eigenvalue weighted by Crippen LogP contribution is 2.33. The molecule has 7 heteroatoms. The van der Waals surface area contributed by atoms with E-state index in [1.54, 1.807) is 14.2 Å². The number of benzene rings is 2. The molecule has 1 aliphatic rings. The summed E-state index contributed by atoms with van der Waals surface area (Å²) in [5.41, 5.74) is 5.57. The van der Waals surface area contributed by atoms with E-state index < -0.39 is 0 Å². The normalized spacial score (nSPS) is 13.0. The zero-order chi connectivity index (χ0) is 22.5. The van der Waals surface area contributed by atoms with Gasteiger partial charge in [-0.25, -0.2) is 4.98 Å². The second-order valence-electron chi connectivity index (χ2n) is 7.91. The van der Waals surface area contributed by atoms with Crippen LogP contribution in [-0.4, -0.2) is 56.1 Å². The van der Waals surface area contributed by atoms with E-state index in [2.05, 4.69) is 52.2 Å². The fourth-order valence-corrected chi connectivity index (χ4v) is 3.65. The van der Waals surface area contributed by atoms with Crippen LogP contribution in [0.1, 0.15) is 19.5 Å². The number of ether oxygens (including phenoxy) is 2. The summed E-state index contributed by atoms with van der Waals surface area (Å²) < 4.78 is 11.0. The Morgan fingerprint density at radius 3 is 2.44 bits per heavy atom. The number of fused-ring (bicyclic) bond motifs is 1. The SMILES string of the molecule is COc1cc(OC)cc(N(CCNC(C)C)c2ccc3ncc(C4=CCN=C4)nc3c2)c1. The number of anilines is 2. The summed E-state index contributed by atoms with van der Waals surface area (Å²) in [5, 5.41) is 3.50. The van der Waals surface area contributed by atoms with E-state index >= 15 is 0 Å². The minimum Gasteiger partial charge on any atom is -0.497 e. The fourth-order valence-electron chi connectivity index (χ4n) is 3.65. The van der Waals surface area contributed by atoms with Gasteiger partial charge in [0.2, 0.25) is 0 Å². The molecule has 0 radical (unpaired) electrons. The van der Waals surface area contributed by atoms with Gasteiger partial charge in [-0.15, -0.1) is 0 Å². The van der Waals surface area contributed by atoms with Gasteiger partial charge in [0.25, 0.3) is 0 Å². The van der Waals surface area contributed by atoms with Crippen molar-refractivity contribution in [3.8, 4) is 11.5 Å². The summed E-state index contributed by atoms with van der Waals surface area (Å²) >= 11 is 0. The monoisotopic (exact) mass is 431 g/mol. The van der Waals surface area contributed by atoms with Crippen molar-refractivity contribution in [2.75, 3.05) is 38.8 Å². The van der Waals surface area contributed by atoms with Crippen LogP contribution in [0.2, 0.25) is 0 Å².